The van der Waals surface area contributed by atoms with E-state index in [-0.39, 0.29) is 24.1 Å². The molecule has 174 valence electrons. The normalized spacial score (nSPS) is 11.8. The first kappa shape index (κ1) is 25.6. The quantitative estimate of drug-likeness (QED) is 0.288. The van der Waals surface area contributed by atoms with Gasteiger partial charge in [-0.2, -0.15) is 0 Å². The van der Waals surface area contributed by atoms with Crippen molar-refractivity contribution >= 4 is 11.6 Å². The Balaban J connectivity index is 1.66. The van der Waals surface area contributed by atoms with Gasteiger partial charge in [-0.15, -0.1) is 0 Å². The summed E-state index contributed by atoms with van der Waals surface area (Å²) in [5.74, 6) is 0.874. The van der Waals surface area contributed by atoms with E-state index < -0.39 is 0 Å². The maximum atomic E-state index is 12.6. The number of Topliss-reactive ketones (excluding diaryl/α,β-unsaturated/α-hetero) is 2. The molecule has 2 aromatic carbocycles. The number of carbonyl (C=O) groups is 2. The number of hydrogen-bond donors (Lipinski definition) is 0. The van der Waals surface area contributed by atoms with Crippen LogP contribution in [0.5, 0.6) is 11.5 Å². The first-order valence-corrected chi connectivity index (χ1v) is 11.1. The average Bonchev–Trinajstić information content (AvgIpc) is 2.80. The van der Waals surface area contributed by atoms with Crippen LogP contribution in [0, 0.1) is 12.8 Å². The van der Waals surface area contributed by atoms with Crippen LogP contribution in [0.3, 0.4) is 0 Å². The van der Waals surface area contributed by atoms with E-state index in [4.69, 9.17) is 18.9 Å². The molecule has 0 fully saturated rings. The molecule has 1 atom stereocenters. The van der Waals surface area contributed by atoms with Crippen molar-refractivity contribution in [2.24, 2.45) is 5.92 Å². The molecule has 0 saturated heterocycles. The molecule has 0 amide bonds. The first-order valence-electron chi connectivity index (χ1n) is 11.1. The third-order valence-electron chi connectivity index (χ3n) is 5.08. The van der Waals surface area contributed by atoms with Gasteiger partial charge < -0.3 is 18.9 Å². The lowest BCUT2D eigenvalue weighted by Gasteiger charge is -2.15. The van der Waals surface area contributed by atoms with E-state index in [2.05, 4.69) is 0 Å². The van der Waals surface area contributed by atoms with Crippen molar-refractivity contribution in [3.63, 3.8) is 0 Å². The van der Waals surface area contributed by atoms with Crippen LogP contribution < -0.4 is 9.47 Å². The maximum Gasteiger partial charge on any atom is 0.166 e. The van der Waals surface area contributed by atoms with Crippen LogP contribution >= 0.6 is 0 Å². The zero-order valence-electron chi connectivity index (χ0n) is 19.5. The van der Waals surface area contributed by atoms with Crippen molar-refractivity contribution in [2.75, 3.05) is 39.6 Å². The lowest BCUT2D eigenvalue weighted by molar-refractivity contribution is 0.0273. The monoisotopic (exact) mass is 442 g/mol. The molecular weight excluding hydrogens is 408 g/mol. The predicted octanol–water partition coefficient (Wildman–Crippen LogP) is 4.92. The Morgan fingerprint density at radius 3 is 2.03 bits per heavy atom. The Morgan fingerprint density at radius 1 is 0.844 bits per heavy atom. The van der Waals surface area contributed by atoms with Gasteiger partial charge in [0.15, 0.2) is 11.6 Å². The third-order valence-corrected chi connectivity index (χ3v) is 5.08. The van der Waals surface area contributed by atoms with Crippen LogP contribution in [0.1, 0.15) is 53.5 Å². The fraction of sp³-hybridized carbons (Fsp3) is 0.462. The van der Waals surface area contributed by atoms with Gasteiger partial charge in [0.1, 0.15) is 24.7 Å². The second-order valence-electron chi connectivity index (χ2n) is 7.64. The SMILES string of the molecule is CCC(C)C(=O)c1cccc(OCCOCCOCCOc2ccc(C)cc2)c1C(C)=O. The molecular formula is C26H34O6. The van der Waals surface area contributed by atoms with Gasteiger partial charge in [0.05, 0.1) is 32.0 Å². The van der Waals surface area contributed by atoms with Crippen LogP contribution in [0.4, 0.5) is 0 Å². The molecule has 0 bridgehead atoms. The van der Waals surface area contributed by atoms with Crippen molar-refractivity contribution in [1.29, 1.82) is 0 Å². The molecule has 0 N–H and O–H groups in total. The third kappa shape index (κ3) is 8.09. The Morgan fingerprint density at radius 2 is 1.44 bits per heavy atom. The van der Waals surface area contributed by atoms with E-state index in [1.54, 1.807) is 18.2 Å². The van der Waals surface area contributed by atoms with Crippen molar-refractivity contribution < 1.29 is 28.5 Å². The van der Waals surface area contributed by atoms with Crippen LogP contribution in [0.2, 0.25) is 0 Å². The molecule has 0 saturated carbocycles. The summed E-state index contributed by atoms with van der Waals surface area (Å²) in [6, 6.07) is 13.0. The van der Waals surface area contributed by atoms with Crippen molar-refractivity contribution in [3.8, 4) is 11.5 Å². The summed E-state index contributed by atoms with van der Waals surface area (Å²) < 4.78 is 22.4. The molecule has 0 radical (unpaired) electrons. The van der Waals surface area contributed by atoms with E-state index in [9.17, 15) is 9.59 Å². The van der Waals surface area contributed by atoms with Crippen LogP contribution in [0.25, 0.3) is 0 Å². The molecule has 0 aliphatic rings. The average molecular weight is 443 g/mol. The number of aryl methyl sites for hydroxylation is 1. The number of ketones is 2. The van der Waals surface area contributed by atoms with Crippen LogP contribution in [0.15, 0.2) is 42.5 Å². The minimum atomic E-state index is -0.186. The van der Waals surface area contributed by atoms with Crippen molar-refractivity contribution in [1.82, 2.24) is 0 Å². The lowest BCUT2D eigenvalue weighted by atomic mass is 9.92. The number of benzene rings is 2. The molecule has 0 aliphatic heterocycles. The smallest absolute Gasteiger partial charge is 0.166 e. The summed E-state index contributed by atoms with van der Waals surface area (Å²) in [5, 5.41) is 0. The molecule has 0 heterocycles. The van der Waals surface area contributed by atoms with E-state index in [1.165, 1.54) is 12.5 Å². The van der Waals surface area contributed by atoms with Crippen LogP contribution in [-0.2, 0) is 9.47 Å². The fourth-order valence-electron chi connectivity index (χ4n) is 3.06. The van der Waals surface area contributed by atoms with Gasteiger partial charge in [0, 0.05) is 11.5 Å². The van der Waals surface area contributed by atoms with Gasteiger partial charge in [0.2, 0.25) is 0 Å². The van der Waals surface area contributed by atoms with Crippen LogP contribution in [-0.4, -0.2) is 51.2 Å². The Hall–Kier alpha value is -2.70. The lowest BCUT2D eigenvalue weighted by Crippen LogP contribution is -2.17. The molecule has 2 rings (SSSR count). The van der Waals surface area contributed by atoms with Gasteiger partial charge in [0.25, 0.3) is 0 Å². The molecule has 0 spiro atoms. The number of carbonyl (C=O) groups excluding carboxylic acids is 2. The summed E-state index contributed by atoms with van der Waals surface area (Å²) >= 11 is 0. The van der Waals surface area contributed by atoms with Gasteiger partial charge in [-0.1, -0.05) is 43.7 Å². The van der Waals surface area contributed by atoms with Crippen molar-refractivity contribution in [2.45, 2.75) is 34.1 Å². The van der Waals surface area contributed by atoms with E-state index in [0.717, 1.165) is 12.2 Å². The fourth-order valence-corrected chi connectivity index (χ4v) is 3.06. The number of ether oxygens (including phenoxy) is 4. The molecule has 2 aromatic rings. The number of rotatable bonds is 15. The summed E-state index contributed by atoms with van der Waals surface area (Å²) in [4.78, 5) is 24.8. The summed E-state index contributed by atoms with van der Waals surface area (Å²) in [6.45, 7) is 9.77. The Labute approximate surface area is 190 Å². The second kappa shape index (κ2) is 13.7. The topological polar surface area (TPSA) is 71.1 Å². The van der Waals surface area contributed by atoms with Gasteiger partial charge >= 0.3 is 0 Å². The van der Waals surface area contributed by atoms with Gasteiger partial charge in [-0.05, 0) is 38.5 Å². The standard InChI is InChI=1S/C26H34O6/c1-5-20(3)26(28)23-7-6-8-24(25(23)21(4)27)32-18-16-30-14-13-29-15-17-31-22-11-9-19(2)10-12-22/h6-12,20H,5,13-18H2,1-4H3. The zero-order chi connectivity index (χ0) is 23.3. The van der Waals surface area contributed by atoms with E-state index >= 15 is 0 Å². The van der Waals surface area contributed by atoms with Crippen molar-refractivity contribution in [3.05, 3.63) is 59.2 Å². The summed E-state index contributed by atoms with van der Waals surface area (Å²) in [5.41, 5.74) is 1.96. The predicted molar refractivity (Wildman–Crippen MR) is 124 cm³/mol. The highest BCUT2D eigenvalue weighted by molar-refractivity contribution is 6.10. The van der Waals surface area contributed by atoms with Gasteiger partial charge in [-0.25, -0.2) is 0 Å². The number of hydrogen-bond acceptors (Lipinski definition) is 6. The second-order valence-corrected chi connectivity index (χ2v) is 7.64. The maximum absolute atomic E-state index is 12.6. The highest BCUT2D eigenvalue weighted by atomic mass is 16.6. The largest absolute Gasteiger partial charge is 0.491 e. The highest BCUT2D eigenvalue weighted by Gasteiger charge is 2.22. The minimum Gasteiger partial charge on any atom is -0.491 e. The molecule has 0 aromatic heterocycles. The molecule has 0 aliphatic carbocycles. The molecule has 32 heavy (non-hydrogen) atoms. The molecule has 1 unspecified atom stereocenters. The van der Waals surface area contributed by atoms with E-state index in [0.29, 0.717) is 49.9 Å². The zero-order valence-corrected chi connectivity index (χ0v) is 19.5. The first-order chi connectivity index (χ1) is 15.4. The Bertz CT molecular complexity index is 859. The summed E-state index contributed by atoms with van der Waals surface area (Å²) in [6.07, 6.45) is 0.718. The Kier molecular flexibility index (Phi) is 10.9. The minimum absolute atomic E-state index is 0.0390. The summed E-state index contributed by atoms with van der Waals surface area (Å²) in [7, 11) is 0. The molecule has 6 heteroatoms. The van der Waals surface area contributed by atoms with E-state index in [1.807, 2.05) is 45.0 Å². The molecule has 6 nitrogen and oxygen atoms in total. The highest BCUT2D eigenvalue weighted by Crippen LogP contribution is 2.26. The van der Waals surface area contributed by atoms with Gasteiger partial charge in [-0.3, -0.25) is 9.59 Å².